The lowest BCUT2D eigenvalue weighted by atomic mass is 9.98. The molecule has 0 bridgehead atoms. The first-order valence-corrected chi connectivity index (χ1v) is 5.92. The lowest BCUT2D eigenvalue weighted by molar-refractivity contribution is 0.763. The van der Waals surface area contributed by atoms with Crippen LogP contribution in [-0.4, -0.2) is 22.6 Å². The van der Waals surface area contributed by atoms with Crippen molar-refractivity contribution in [2.75, 3.05) is 13.1 Å². The van der Waals surface area contributed by atoms with Crippen molar-refractivity contribution in [2.24, 2.45) is 0 Å². The summed E-state index contributed by atoms with van der Waals surface area (Å²) < 4.78 is 1.61. The first-order chi connectivity index (χ1) is 8.34. The van der Waals surface area contributed by atoms with E-state index in [-0.39, 0.29) is 5.69 Å². The van der Waals surface area contributed by atoms with E-state index in [4.69, 9.17) is 0 Å². The Morgan fingerprint density at radius 2 is 2.06 bits per heavy atom. The summed E-state index contributed by atoms with van der Waals surface area (Å²) >= 11 is 0. The van der Waals surface area contributed by atoms with Gasteiger partial charge < -0.3 is 10.3 Å². The zero-order chi connectivity index (χ0) is 11.7. The minimum atomic E-state index is -0.0970. The third-order valence-corrected chi connectivity index (χ3v) is 3.35. The van der Waals surface area contributed by atoms with Crippen LogP contribution in [0.5, 0.6) is 0 Å². The van der Waals surface area contributed by atoms with Gasteiger partial charge in [-0.05, 0) is 36.6 Å². The van der Waals surface area contributed by atoms with Crippen LogP contribution in [0.25, 0.3) is 5.69 Å². The highest BCUT2D eigenvalue weighted by Crippen LogP contribution is 2.22. The van der Waals surface area contributed by atoms with Crippen LogP contribution >= 0.6 is 0 Å². The Bertz CT molecular complexity index is 547. The predicted octanol–water partition coefficient (Wildman–Crippen LogP) is 1.24. The molecule has 0 aliphatic carbocycles. The standard InChI is InChI=1S/C13H15N3O/c17-13-15-7-8-16(13)12-3-1-10(2-4-12)11-5-6-14-9-11/h1-4,7-8,11,14H,5-6,9H2,(H,15,17). The molecule has 17 heavy (non-hydrogen) atoms. The number of hydrogen-bond donors (Lipinski definition) is 2. The van der Waals surface area contributed by atoms with Gasteiger partial charge in [0, 0.05) is 18.9 Å². The lowest BCUT2D eigenvalue weighted by Gasteiger charge is -2.09. The molecule has 1 aliphatic rings. The summed E-state index contributed by atoms with van der Waals surface area (Å²) in [6, 6.07) is 8.24. The van der Waals surface area contributed by atoms with Crippen LogP contribution in [0.1, 0.15) is 17.9 Å². The number of H-pyrrole nitrogens is 1. The van der Waals surface area contributed by atoms with Crippen LogP contribution in [0, 0.1) is 0 Å². The summed E-state index contributed by atoms with van der Waals surface area (Å²) in [5, 5.41) is 3.36. The zero-order valence-electron chi connectivity index (χ0n) is 9.52. The fraction of sp³-hybridized carbons (Fsp3) is 0.308. The average Bonchev–Trinajstić information content (AvgIpc) is 3.00. The number of benzene rings is 1. The minimum Gasteiger partial charge on any atom is -0.316 e. The van der Waals surface area contributed by atoms with Crippen LogP contribution in [0.3, 0.4) is 0 Å². The van der Waals surface area contributed by atoms with Gasteiger partial charge in [-0.1, -0.05) is 12.1 Å². The molecule has 88 valence electrons. The number of rotatable bonds is 2. The number of nitrogens with one attached hydrogen (secondary N) is 2. The molecule has 2 aromatic rings. The predicted molar refractivity (Wildman–Crippen MR) is 66.6 cm³/mol. The maximum atomic E-state index is 11.5. The molecule has 2 heterocycles. The second-order valence-corrected chi connectivity index (χ2v) is 4.42. The molecule has 4 nitrogen and oxygen atoms in total. The molecule has 4 heteroatoms. The van der Waals surface area contributed by atoms with Gasteiger partial charge in [0.2, 0.25) is 0 Å². The Balaban J connectivity index is 1.90. The van der Waals surface area contributed by atoms with Crippen molar-refractivity contribution in [1.29, 1.82) is 0 Å². The average molecular weight is 229 g/mol. The SMILES string of the molecule is O=c1[nH]ccn1-c1ccc(C2CCNC2)cc1. The summed E-state index contributed by atoms with van der Waals surface area (Å²) in [6.07, 6.45) is 4.59. The maximum absolute atomic E-state index is 11.5. The van der Waals surface area contributed by atoms with Crippen LogP contribution in [-0.2, 0) is 0 Å². The Morgan fingerprint density at radius 3 is 2.65 bits per heavy atom. The van der Waals surface area contributed by atoms with Gasteiger partial charge in [0.25, 0.3) is 0 Å². The van der Waals surface area contributed by atoms with E-state index in [0.29, 0.717) is 5.92 Å². The number of imidazole rings is 1. The highest BCUT2D eigenvalue weighted by Gasteiger charge is 2.16. The summed E-state index contributed by atoms with van der Waals surface area (Å²) in [6.45, 7) is 2.16. The van der Waals surface area contributed by atoms with Crippen LogP contribution in [0.4, 0.5) is 0 Å². The molecule has 1 aromatic carbocycles. The second-order valence-electron chi connectivity index (χ2n) is 4.42. The number of aromatic amines is 1. The quantitative estimate of drug-likeness (QED) is 0.814. The van der Waals surface area contributed by atoms with E-state index in [9.17, 15) is 4.79 Å². The molecule has 0 radical (unpaired) electrons. The van der Waals surface area contributed by atoms with Gasteiger partial charge in [-0.2, -0.15) is 0 Å². The summed E-state index contributed by atoms with van der Waals surface area (Å²) in [5.74, 6) is 0.618. The van der Waals surface area contributed by atoms with Gasteiger partial charge in [0.15, 0.2) is 0 Å². The fourth-order valence-electron chi connectivity index (χ4n) is 2.37. The van der Waals surface area contributed by atoms with Gasteiger partial charge in [0.05, 0.1) is 5.69 Å². The monoisotopic (exact) mass is 229 g/mol. The number of nitrogens with zero attached hydrogens (tertiary/aromatic N) is 1. The molecular weight excluding hydrogens is 214 g/mol. The third-order valence-electron chi connectivity index (χ3n) is 3.35. The molecule has 0 amide bonds. The van der Waals surface area contributed by atoms with Crippen molar-refractivity contribution in [3.8, 4) is 5.69 Å². The molecule has 1 aromatic heterocycles. The van der Waals surface area contributed by atoms with Crippen LogP contribution in [0.15, 0.2) is 41.5 Å². The molecule has 0 saturated carbocycles. The van der Waals surface area contributed by atoms with E-state index in [1.165, 1.54) is 12.0 Å². The molecular formula is C13H15N3O. The topological polar surface area (TPSA) is 49.8 Å². The molecule has 1 aliphatic heterocycles. The lowest BCUT2D eigenvalue weighted by Crippen LogP contribution is -2.14. The Hall–Kier alpha value is -1.81. The van der Waals surface area contributed by atoms with E-state index in [1.807, 2.05) is 12.1 Å². The molecule has 1 unspecified atom stereocenters. The summed E-state index contributed by atoms with van der Waals surface area (Å²) in [5.41, 5.74) is 2.16. The zero-order valence-corrected chi connectivity index (χ0v) is 9.52. The Kier molecular flexibility index (Phi) is 2.57. The van der Waals surface area contributed by atoms with E-state index < -0.39 is 0 Å². The van der Waals surface area contributed by atoms with Gasteiger partial charge in [-0.25, -0.2) is 4.79 Å². The number of aromatic nitrogens is 2. The van der Waals surface area contributed by atoms with Crippen molar-refractivity contribution in [1.82, 2.24) is 14.9 Å². The maximum Gasteiger partial charge on any atom is 0.330 e. The van der Waals surface area contributed by atoms with Gasteiger partial charge in [0.1, 0.15) is 0 Å². The van der Waals surface area contributed by atoms with Crippen molar-refractivity contribution >= 4 is 0 Å². The normalized spacial score (nSPS) is 19.6. The molecule has 1 saturated heterocycles. The van der Waals surface area contributed by atoms with Crippen molar-refractivity contribution in [2.45, 2.75) is 12.3 Å². The molecule has 1 atom stereocenters. The van der Waals surface area contributed by atoms with E-state index >= 15 is 0 Å². The van der Waals surface area contributed by atoms with Crippen molar-refractivity contribution in [3.05, 3.63) is 52.7 Å². The summed E-state index contributed by atoms with van der Waals surface area (Å²) in [4.78, 5) is 14.1. The first-order valence-electron chi connectivity index (χ1n) is 5.92. The molecule has 2 N–H and O–H groups in total. The second kappa shape index (κ2) is 4.22. The highest BCUT2D eigenvalue weighted by molar-refractivity contribution is 5.36. The number of hydrogen-bond acceptors (Lipinski definition) is 2. The van der Waals surface area contributed by atoms with Crippen LogP contribution in [0.2, 0.25) is 0 Å². The van der Waals surface area contributed by atoms with Crippen LogP contribution < -0.4 is 11.0 Å². The smallest absolute Gasteiger partial charge is 0.316 e. The summed E-state index contributed by atoms with van der Waals surface area (Å²) in [7, 11) is 0. The Morgan fingerprint density at radius 1 is 1.24 bits per heavy atom. The highest BCUT2D eigenvalue weighted by atomic mass is 16.1. The van der Waals surface area contributed by atoms with Gasteiger partial charge >= 0.3 is 5.69 Å². The molecule has 1 fully saturated rings. The molecule has 0 spiro atoms. The van der Waals surface area contributed by atoms with E-state index in [2.05, 4.69) is 22.4 Å². The van der Waals surface area contributed by atoms with Gasteiger partial charge in [-0.3, -0.25) is 4.57 Å². The minimum absolute atomic E-state index is 0.0970. The van der Waals surface area contributed by atoms with Gasteiger partial charge in [-0.15, -0.1) is 0 Å². The van der Waals surface area contributed by atoms with E-state index in [1.54, 1.807) is 17.0 Å². The first kappa shape index (κ1) is 10.4. The van der Waals surface area contributed by atoms with E-state index in [0.717, 1.165) is 18.8 Å². The fourth-order valence-corrected chi connectivity index (χ4v) is 2.37. The molecule has 3 rings (SSSR count). The van der Waals surface area contributed by atoms with Crippen molar-refractivity contribution in [3.63, 3.8) is 0 Å². The largest absolute Gasteiger partial charge is 0.330 e. The van der Waals surface area contributed by atoms with Crippen molar-refractivity contribution < 1.29 is 0 Å². The third kappa shape index (κ3) is 1.91. The Labute approximate surface area is 99.3 Å².